The zero-order valence-corrected chi connectivity index (χ0v) is 14.5. The summed E-state index contributed by atoms with van der Waals surface area (Å²) in [6, 6.07) is 8.46. The van der Waals surface area contributed by atoms with E-state index >= 15 is 0 Å². The summed E-state index contributed by atoms with van der Waals surface area (Å²) in [5, 5.41) is 0. The van der Waals surface area contributed by atoms with Gasteiger partial charge in [-0.2, -0.15) is 12.1 Å². The monoisotopic (exact) mass is 336 g/mol. The van der Waals surface area contributed by atoms with Crippen LogP contribution < -0.4 is 9.47 Å². The fourth-order valence-corrected chi connectivity index (χ4v) is 1.22. The molecule has 86 valence electrons. The molecule has 1 rings (SSSR count). The Labute approximate surface area is 115 Å². The Bertz CT molecular complexity index is 269. The SMILES string of the molecule is CCCCCOc1c[c-]ccc1OC.[Zn+][Br]. The number of rotatable bonds is 6. The Morgan fingerprint density at radius 1 is 1.31 bits per heavy atom. The number of halogens is 1. The van der Waals surface area contributed by atoms with Crippen molar-refractivity contribution in [1.82, 2.24) is 0 Å². The number of ether oxygens (including phenoxy) is 2. The molecule has 2 nitrogen and oxygen atoms in total. The van der Waals surface area contributed by atoms with Gasteiger partial charge in [-0.3, -0.25) is 0 Å². The van der Waals surface area contributed by atoms with Gasteiger partial charge in [0, 0.05) is 5.75 Å². The van der Waals surface area contributed by atoms with E-state index in [4.69, 9.17) is 9.47 Å². The Hall–Kier alpha value is -0.0766. The quantitative estimate of drug-likeness (QED) is 0.445. The fraction of sp³-hybridized carbons (Fsp3) is 0.500. The van der Waals surface area contributed by atoms with Gasteiger partial charge in [0.2, 0.25) is 0 Å². The van der Waals surface area contributed by atoms with E-state index < -0.39 is 0 Å². The van der Waals surface area contributed by atoms with E-state index in [0.717, 1.165) is 24.5 Å². The number of methoxy groups -OCH3 is 1. The molecular weight excluding hydrogens is 321 g/mol. The van der Waals surface area contributed by atoms with Crippen molar-refractivity contribution in [1.29, 1.82) is 0 Å². The van der Waals surface area contributed by atoms with E-state index in [9.17, 15) is 0 Å². The minimum atomic E-state index is 0.752. The van der Waals surface area contributed by atoms with Crippen LogP contribution in [0.5, 0.6) is 11.5 Å². The third-order valence-electron chi connectivity index (χ3n) is 2.01. The molecule has 0 aliphatic heterocycles. The summed E-state index contributed by atoms with van der Waals surface area (Å²) in [7, 11) is 1.65. The van der Waals surface area contributed by atoms with Crippen LogP contribution in [0.4, 0.5) is 0 Å². The Morgan fingerprint density at radius 2 is 2.06 bits per heavy atom. The van der Waals surface area contributed by atoms with Gasteiger partial charge in [0.25, 0.3) is 0 Å². The predicted molar refractivity (Wildman–Crippen MR) is 65.8 cm³/mol. The molecule has 1 aromatic carbocycles. The van der Waals surface area contributed by atoms with Crippen LogP contribution in [0.15, 0.2) is 18.2 Å². The van der Waals surface area contributed by atoms with Gasteiger partial charge in [0.1, 0.15) is 0 Å². The summed E-state index contributed by atoms with van der Waals surface area (Å²) in [5.74, 6) is 1.56. The van der Waals surface area contributed by atoms with Crippen LogP contribution in [0.3, 0.4) is 0 Å². The summed E-state index contributed by atoms with van der Waals surface area (Å²) in [6.07, 6.45) is 3.51. The molecule has 0 heterocycles. The van der Waals surface area contributed by atoms with Gasteiger partial charge in [0.05, 0.1) is 19.5 Å². The number of hydrogen-bond acceptors (Lipinski definition) is 2. The maximum absolute atomic E-state index is 5.57. The molecule has 0 radical (unpaired) electrons. The molecule has 0 spiro atoms. The number of hydrogen-bond donors (Lipinski definition) is 0. The van der Waals surface area contributed by atoms with Gasteiger partial charge >= 0.3 is 30.0 Å². The van der Waals surface area contributed by atoms with E-state index in [1.807, 2.05) is 18.2 Å². The molecule has 0 bridgehead atoms. The fourth-order valence-electron chi connectivity index (χ4n) is 1.22. The zero-order chi connectivity index (χ0) is 12.2. The average Bonchev–Trinajstić information content (AvgIpc) is 2.37. The number of benzene rings is 1. The third-order valence-corrected chi connectivity index (χ3v) is 2.01. The Kier molecular flexibility index (Phi) is 11.4. The van der Waals surface area contributed by atoms with Crippen molar-refractivity contribution in [3.8, 4) is 11.5 Å². The third kappa shape index (κ3) is 6.49. The van der Waals surface area contributed by atoms with Crippen LogP contribution in [-0.4, -0.2) is 13.7 Å². The van der Waals surface area contributed by atoms with E-state index in [0.29, 0.717) is 0 Å². The molecular formula is C12H17BrO2Zn. The van der Waals surface area contributed by atoms with Gasteiger partial charge in [-0.05, 0) is 6.42 Å². The first-order valence-corrected chi connectivity index (χ1v) is 12.3. The van der Waals surface area contributed by atoms with Gasteiger partial charge in [-0.15, -0.1) is 12.1 Å². The second kappa shape index (κ2) is 11.4. The summed E-state index contributed by atoms with van der Waals surface area (Å²) in [4.78, 5) is 0. The van der Waals surface area contributed by atoms with Crippen molar-refractivity contribution in [2.24, 2.45) is 0 Å². The van der Waals surface area contributed by atoms with Crippen molar-refractivity contribution < 1.29 is 25.8 Å². The van der Waals surface area contributed by atoms with Gasteiger partial charge in [0.15, 0.2) is 0 Å². The van der Waals surface area contributed by atoms with Crippen molar-refractivity contribution in [2.45, 2.75) is 26.2 Å². The van der Waals surface area contributed by atoms with E-state index in [2.05, 4.69) is 26.6 Å². The van der Waals surface area contributed by atoms with E-state index in [-0.39, 0.29) is 0 Å². The van der Waals surface area contributed by atoms with Crippen LogP contribution in [-0.2, 0) is 16.3 Å². The molecule has 16 heavy (non-hydrogen) atoms. The molecule has 0 N–H and O–H groups in total. The minimum absolute atomic E-state index is 0.752. The number of unbranched alkanes of at least 4 members (excludes halogenated alkanes) is 2. The van der Waals surface area contributed by atoms with Crippen LogP contribution in [0.2, 0.25) is 0 Å². The summed E-state index contributed by atoms with van der Waals surface area (Å²) in [6.45, 7) is 2.93. The molecule has 4 heteroatoms. The van der Waals surface area contributed by atoms with Gasteiger partial charge in [-0.1, -0.05) is 19.8 Å². The summed E-state index contributed by atoms with van der Waals surface area (Å²) < 4.78 is 10.7. The van der Waals surface area contributed by atoms with Crippen molar-refractivity contribution >= 4 is 13.6 Å². The topological polar surface area (TPSA) is 18.5 Å². The zero-order valence-electron chi connectivity index (χ0n) is 9.96. The molecule has 0 aliphatic carbocycles. The Balaban J connectivity index is 0.00000106. The van der Waals surface area contributed by atoms with Gasteiger partial charge in [-0.25, -0.2) is 0 Å². The predicted octanol–water partition coefficient (Wildman–Crippen LogP) is 3.91. The van der Waals surface area contributed by atoms with Crippen LogP contribution in [0.25, 0.3) is 0 Å². The maximum atomic E-state index is 5.57. The molecule has 0 saturated heterocycles. The van der Waals surface area contributed by atoms with Crippen molar-refractivity contribution in [3.63, 3.8) is 0 Å². The first-order valence-electron chi connectivity index (χ1n) is 5.32. The normalized spacial score (nSPS) is 9.06. The molecule has 0 aliphatic rings. The molecule has 0 fully saturated rings. The molecule has 0 atom stereocenters. The summed E-state index contributed by atoms with van der Waals surface area (Å²) >= 11 is 4.25. The van der Waals surface area contributed by atoms with Crippen molar-refractivity contribution in [3.05, 3.63) is 24.3 Å². The molecule has 0 amide bonds. The van der Waals surface area contributed by atoms with Crippen LogP contribution >= 0.6 is 13.6 Å². The Morgan fingerprint density at radius 3 is 2.69 bits per heavy atom. The van der Waals surface area contributed by atoms with Crippen molar-refractivity contribution in [2.75, 3.05) is 13.7 Å². The second-order valence-corrected chi connectivity index (χ2v) is 3.13. The molecule has 1 aromatic rings. The first-order chi connectivity index (χ1) is 7.88. The van der Waals surface area contributed by atoms with E-state index in [1.165, 1.54) is 29.2 Å². The van der Waals surface area contributed by atoms with Crippen LogP contribution in [0, 0.1) is 6.07 Å². The first kappa shape index (κ1) is 15.9. The van der Waals surface area contributed by atoms with E-state index in [1.54, 1.807) is 7.11 Å². The standard InChI is InChI=1S/C12H17O2.BrH.Zn/c1-3-4-7-10-14-12-9-6-5-8-11(12)13-2;;/h5,8-9H,3-4,7,10H2,1-2H3;1H;/q-1;;+2/p-1. The molecule has 0 unspecified atom stereocenters. The summed E-state index contributed by atoms with van der Waals surface area (Å²) in [5.41, 5.74) is 0. The molecule has 0 saturated carbocycles. The molecule has 0 aromatic heterocycles. The second-order valence-electron chi connectivity index (χ2n) is 3.13. The van der Waals surface area contributed by atoms with Gasteiger partial charge < -0.3 is 9.47 Å². The van der Waals surface area contributed by atoms with Crippen LogP contribution in [0.1, 0.15) is 26.2 Å². The average molecular weight is 339 g/mol.